The molecule has 30 heavy (non-hydrogen) atoms. The Hall–Kier alpha value is -0.200. The summed E-state index contributed by atoms with van der Waals surface area (Å²) in [5, 5.41) is 30.5. The molecule has 4 atom stereocenters. The SMILES string of the molecule is CCCCN1C[C@H](O)[C@@H](O)[C@H](O)[C@H]1COCCCCCC12CC3CC(CC(C3)C1)C2. The van der Waals surface area contributed by atoms with Crippen molar-refractivity contribution in [3.05, 3.63) is 0 Å². The van der Waals surface area contributed by atoms with E-state index < -0.39 is 18.3 Å². The van der Waals surface area contributed by atoms with Gasteiger partial charge in [-0.25, -0.2) is 0 Å². The lowest BCUT2D eigenvalue weighted by Crippen LogP contribution is -2.62. The van der Waals surface area contributed by atoms with Gasteiger partial charge in [0.05, 0.1) is 18.8 Å². The van der Waals surface area contributed by atoms with Crippen molar-refractivity contribution in [2.24, 2.45) is 23.2 Å². The molecule has 5 nitrogen and oxygen atoms in total. The molecule has 3 N–H and O–H groups in total. The Morgan fingerprint density at radius 3 is 2.17 bits per heavy atom. The normalized spacial score (nSPS) is 43.4. The standard InChI is InChI=1S/C25H45NO4/c1-2-3-8-26-16-22(27)24(29)23(28)21(26)17-30-9-6-4-5-7-25-13-18-10-19(14-25)12-20(11-18)15-25/h18-24,27-29H,2-17H2,1H3/t18?,19?,20?,21-,22+,23-,24-,25?/m1/s1. The van der Waals surface area contributed by atoms with Crippen LogP contribution >= 0.6 is 0 Å². The number of likely N-dealkylation sites (tertiary alicyclic amines) is 1. The van der Waals surface area contributed by atoms with Crippen molar-refractivity contribution in [3.8, 4) is 0 Å². The number of ether oxygens (including phenoxy) is 1. The molecule has 1 heterocycles. The fraction of sp³-hybridized carbons (Fsp3) is 1.00. The van der Waals surface area contributed by atoms with Crippen LogP contribution in [0.25, 0.3) is 0 Å². The molecule has 4 aliphatic carbocycles. The van der Waals surface area contributed by atoms with Gasteiger partial charge >= 0.3 is 0 Å². The molecular weight excluding hydrogens is 378 g/mol. The molecule has 0 aromatic carbocycles. The van der Waals surface area contributed by atoms with Gasteiger partial charge < -0.3 is 20.1 Å². The van der Waals surface area contributed by atoms with Crippen LogP contribution in [0, 0.1) is 23.2 Å². The first kappa shape index (κ1) is 23.0. The van der Waals surface area contributed by atoms with Crippen LogP contribution in [-0.2, 0) is 4.74 Å². The van der Waals surface area contributed by atoms with Crippen molar-refractivity contribution in [2.75, 3.05) is 26.3 Å². The first-order valence-electron chi connectivity index (χ1n) is 12.9. The van der Waals surface area contributed by atoms with Crippen LogP contribution in [0.15, 0.2) is 0 Å². The van der Waals surface area contributed by atoms with Gasteiger partial charge in [-0.2, -0.15) is 0 Å². The van der Waals surface area contributed by atoms with Gasteiger partial charge in [0, 0.05) is 13.2 Å². The zero-order valence-electron chi connectivity index (χ0n) is 19.1. The number of aliphatic hydroxyl groups excluding tert-OH is 3. The molecule has 0 aromatic rings. The number of aliphatic hydroxyl groups is 3. The lowest BCUT2D eigenvalue weighted by atomic mass is 9.48. The number of hydrogen-bond donors (Lipinski definition) is 3. The maximum atomic E-state index is 10.4. The average Bonchev–Trinajstić information content (AvgIpc) is 2.70. The van der Waals surface area contributed by atoms with Gasteiger partial charge in [0.25, 0.3) is 0 Å². The van der Waals surface area contributed by atoms with Crippen molar-refractivity contribution in [3.63, 3.8) is 0 Å². The van der Waals surface area contributed by atoms with Crippen molar-refractivity contribution >= 4 is 0 Å². The minimum absolute atomic E-state index is 0.220. The van der Waals surface area contributed by atoms with Gasteiger partial charge in [-0.3, -0.25) is 4.90 Å². The van der Waals surface area contributed by atoms with Crippen molar-refractivity contribution < 1.29 is 20.1 Å². The summed E-state index contributed by atoms with van der Waals surface area (Å²) < 4.78 is 5.94. The van der Waals surface area contributed by atoms with Crippen molar-refractivity contribution in [1.82, 2.24) is 4.90 Å². The zero-order valence-corrected chi connectivity index (χ0v) is 19.1. The number of rotatable bonds is 11. The Bertz CT molecular complexity index is 506. The molecule has 174 valence electrons. The highest BCUT2D eigenvalue weighted by Crippen LogP contribution is 2.61. The molecule has 5 fully saturated rings. The number of β-amino-alcohol motifs (C(OH)–C–C–N with tert-alkyl or cyclic N) is 1. The second-order valence-corrected chi connectivity index (χ2v) is 11.3. The lowest BCUT2D eigenvalue weighted by molar-refractivity contribution is -0.149. The summed E-state index contributed by atoms with van der Waals surface area (Å²) in [6.45, 7) is 4.54. The Morgan fingerprint density at radius 2 is 1.53 bits per heavy atom. The highest BCUT2D eigenvalue weighted by atomic mass is 16.5. The topological polar surface area (TPSA) is 73.2 Å². The first-order valence-corrected chi connectivity index (χ1v) is 12.9. The number of nitrogens with zero attached hydrogens (tertiary/aromatic N) is 1. The largest absolute Gasteiger partial charge is 0.389 e. The third-order valence-electron chi connectivity index (χ3n) is 8.78. The predicted molar refractivity (Wildman–Crippen MR) is 118 cm³/mol. The van der Waals surface area contributed by atoms with Crippen LogP contribution in [0.4, 0.5) is 0 Å². The Kier molecular flexibility index (Phi) is 7.78. The van der Waals surface area contributed by atoms with E-state index in [0.29, 0.717) is 18.6 Å². The summed E-state index contributed by atoms with van der Waals surface area (Å²) in [6, 6.07) is -0.220. The van der Waals surface area contributed by atoms with E-state index in [1.54, 1.807) is 0 Å². The summed E-state index contributed by atoms with van der Waals surface area (Å²) in [5.74, 6) is 3.14. The van der Waals surface area contributed by atoms with Gasteiger partial charge in [-0.15, -0.1) is 0 Å². The summed E-state index contributed by atoms with van der Waals surface area (Å²) in [5.41, 5.74) is 0.693. The smallest absolute Gasteiger partial charge is 0.109 e. The molecule has 5 rings (SSSR count). The first-order chi connectivity index (χ1) is 14.5. The van der Waals surface area contributed by atoms with Gasteiger partial charge in [0.15, 0.2) is 0 Å². The zero-order chi connectivity index (χ0) is 21.1. The maximum Gasteiger partial charge on any atom is 0.109 e. The molecule has 0 aromatic heterocycles. The van der Waals surface area contributed by atoms with Crippen LogP contribution in [-0.4, -0.2) is 70.9 Å². The predicted octanol–water partition coefficient (Wildman–Crippen LogP) is 3.35. The molecule has 0 spiro atoms. The van der Waals surface area contributed by atoms with E-state index in [2.05, 4.69) is 11.8 Å². The maximum absolute atomic E-state index is 10.4. The van der Waals surface area contributed by atoms with E-state index in [9.17, 15) is 15.3 Å². The van der Waals surface area contributed by atoms with Gasteiger partial charge in [-0.05, 0) is 87.5 Å². The number of piperidine rings is 1. The van der Waals surface area contributed by atoms with Crippen molar-refractivity contribution in [2.45, 2.75) is 108 Å². The molecule has 4 bridgehead atoms. The molecule has 5 heteroatoms. The van der Waals surface area contributed by atoms with Crippen LogP contribution in [0.3, 0.4) is 0 Å². The Labute approximate surface area is 183 Å². The fourth-order valence-corrected chi connectivity index (χ4v) is 7.66. The van der Waals surface area contributed by atoms with Gasteiger partial charge in [-0.1, -0.05) is 26.2 Å². The molecular formula is C25H45NO4. The minimum Gasteiger partial charge on any atom is -0.389 e. The van der Waals surface area contributed by atoms with Crippen LogP contribution in [0.2, 0.25) is 0 Å². The lowest BCUT2D eigenvalue weighted by Gasteiger charge is -2.57. The summed E-state index contributed by atoms with van der Waals surface area (Å²) in [4.78, 5) is 2.10. The van der Waals surface area contributed by atoms with E-state index in [1.807, 2.05) is 0 Å². The van der Waals surface area contributed by atoms with Crippen LogP contribution in [0.1, 0.15) is 84.0 Å². The Morgan fingerprint density at radius 1 is 0.867 bits per heavy atom. The van der Waals surface area contributed by atoms with Crippen molar-refractivity contribution in [1.29, 1.82) is 0 Å². The van der Waals surface area contributed by atoms with E-state index in [1.165, 1.54) is 57.8 Å². The molecule has 0 radical (unpaired) electrons. The molecule has 5 aliphatic rings. The second-order valence-electron chi connectivity index (χ2n) is 11.3. The van der Waals surface area contributed by atoms with Gasteiger partial charge in [0.1, 0.15) is 12.2 Å². The second kappa shape index (κ2) is 10.2. The summed E-state index contributed by atoms with van der Waals surface area (Å²) in [6.07, 6.45) is 13.4. The fourth-order valence-electron chi connectivity index (χ4n) is 7.66. The number of hydrogen-bond acceptors (Lipinski definition) is 5. The van der Waals surface area contributed by atoms with E-state index in [0.717, 1.165) is 50.2 Å². The molecule has 1 saturated heterocycles. The van der Waals surface area contributed by atoms with Gasteiger partial charge in [0.2, 0.25) is 0 Å². The van der Waals surface area contributed by atoms with E-state index in [-0.39, 0.29) is 6.04 Å². The molecule has 0 amide bonds. The molecule has 1 aliphatic heterocycles. The molecule has 4 saturated carbocycles. The molecule has 0 unspecified atom stereocenters. The third-order valence-corrected chi connectivity index (χ3v) is 8.78. The Balaban J connectivity index is 1.13. The summed E-state index contributed by atoms with van der Waals surface area (Å²) in [7, 11) is 0. The highest BCUT2D eigenvalue weighted by Gasteiger charge is 2.50. The van der Waals surface area contributed by atoms with Crippen LogP contribution < -0.4 is 0 Å². The summed E-state index contributed by atoms with van der Waals surface area (Å²) >= 11 is 0. The quantitative estimate of drug-likeness (QED) is 0.445. The average molecular weight is 424 g/mol. The van der Waals surface area contributed by atoms with E-state index in [4.69, 9.17) is 4.74 Å². The minimum atomic E-state index is -1.07. The van der Waals surface area contributed by atoms with E-state index >= 15 is 0 Å². The van der Waals surface area contributed by atoms with Crippen LogP contribution in [0.5, 0.6) is 0 Å². The highest BCUT2D eigenvalue weighted by molar-refractivity contribution is 5.01. The number of unbranched alkanes of at least 4 members (excludes halogenated alkanes) is 3. The monoisotopic (exact) mass is 423 g/mol. The third kappa shape index (κ3) is 5.23.